The van der Waals surface area contributed by atoms with E-state index in [0.29, 0.717) is 6.54 Å². The molecule has 4 heteroatoms. The average Bonchev–Trinajstić information content (AvgIpc) is 2.28. The van der Waals surface area contributed by atoms with Crippen LogP contribution in [0.15, 0.2) is 0 Å². The van der Waals surface area contributed by atoms with Gasteiger partial charge in [-0.05, 0) is 13.0 Å². The first-order valence-corrected chi connectivity index (χ1v) is 4.29. The highest BCUT2D eigenvalue weighted by Crippen LogP contribution is 2.31. The monoisotopic (exact) mass is 171 g/mol. The zero-order chi connectivity index (χ0) is 8.72. The van der Waals surface area contributed by atoms with Gasteiger partial charge in [-0.2, -0.15) is 0 Å². The van der Waals surface area contributed by atoms with E-state index < -0.39 is 6.29 Å². The van der Waals surface area contributed by atoms with E-state index in [1.807, 2.05) is 0 Å². The Bertz CT molecular complexity index is 204. The maximum atomic E-state index is 11.3. The molecule has 0 aromatic rings. The van der Waals surface area contributed by atoms with Gasteiger partial charge in [-0.3, -0.25) is 9.69 Å². The lowest BCUT2D eigenvalue weighted by molar-refractivity contribution is -0.133. The molecule has 4 nitrogen and oxygen atoms in total. The molecule has 0 radical (unpaired) electrons. The van der Waals surface area contributed by atoms with Crippen molar-refractivity contribution in [3.63, 3.8) is 0 Å². The SMILES string of the molecule is O=C1CN2CC[C@@H](C(O)O)[C@H]1C2. The first-order valence-electron chi connectivity index (χ1n) is 4.29. The van der Waals surface area contributed by atoms with Gasteiger partial charge < -0.3 is 10.2 Å². The quantitative estimate of drug-likeness (QED) is 0.487. The number of hydrogen-bond acceptors (Lipinski definition) is 4. The van der Waals surface area contributed by atoms with Gasteiger partial charge in [-0.15, -0.1) is 0 Å². The van der Waals surface area contributed by atoms with Crippen LogP contribution in [0.1, 0.15) is 6.42 Å². The number of Topliss-reactive ketones (excluding diaryl/α,β-unsaturated/α-hetero) is 1. The number of aliphatic hydroxyl groups excluding tert-OH is 1. The smallest absolute Gasteiger partial charge is 0.155 e. The van der Waals surface area contributed by atoms with Crippen LogP contribution in [0.4, 0.5) is 0 Å². The number of ketones is 1. The summed E-state index contributed by atoms with van der Waals surface area (Å²) in [6, 6.07) is 0. The molecule has 0 aliphatic carbocycles. The second-order valence-electron chi connectivity index (χ2n) is 3.67. The van der Waals surface area contributed by atoms with Crippen molar-refractivity contribution in [2.24, 2.45) is 11.8 Å². The maximum Gasteiger partial charge on any atom is 0.155 e. The summed E-state index contributed by atoms with van der Waals surface area (Å²) in [6.45, 7) is 2.06. The molecule has 0 aromatic carbocycles. The molecule has 2 aliphatic rings. The highest BCUT2D eigenvalue weighted by atomic mass is 16.5. The lowest BCUT2D eigenvalue weighted by atomic mass is 9.86. The Balaban J connectivity index is 2.13. The van der Waals surface area contributed by atoms with E-state index in [0.717, 1.165) is 19.5 Å². The third kappa shape index (κ3) is 1.16. The summed E-state index contributed by atoms with van der Waals surface area (Å²) < 4.78 is 0. The molecular weight excluding hydrogens is 158 g/mol. The summed E-state index contributed by atoms with van der Waals surface area (Å²) in [5, 5.41) is 18.0. The fourth-order valence-electron chi connectivity index (χ4n) is 2.22. The molecule has 68 valence electrons. The molecule has 2 N–H and O–H groups in total. The Hall–Kier alpha value is -0.450. The van der Waals surface area contributed by atoms with Gasteiger partial charge in [0.25, 0.3) is 0 Å². The minimum Gasteiger partial charge on any atom is -0.368 e. The zero-order valence-corrected chi connectivity index (χ0v) is 6.81. The average molecular weight is 171 g/mol. The van der Waals surface area contributed by atoms with Crippen LogP contribution in [-0.4, -0.2) is 46.8 Å². The van der Waals surface area contributed by atoms with Crippen molar-refractivity contribution in [1.29, 1.82) is 0 Å². The summed E-state index contributed by atoms with van der Waals surface area (Å²) in [6.07, 6.45) is -0.590. The summed E-state index contributed by atoms with van der Waals surface area (Å²) in [5.74, 6) is -0.180. The van der Waals surface area contributed by atoms with Crippen LogP contribution < -0.4 is 0 Å². The molecule has 12 heavy (non-hydrogen) atoms. The van der Waals surface area contributed by atoms with Crippen LogP contribution in [0.25, 0.3) is 0 Å². The molecule has 0 spiro atoms. The molecule has 2 saturated heterocycles. The van der Waals surface area contributed by atoms with Crippen molar-refractivity contribution < 1.29 is 15.0 Å². The first kappa shape index (κ1) is 8.16. The summed E-state index contributed by atoms with van der Waals surface area (Å²) in [5.41, 5.74) is 0. The molecule has 2 rings (SSSR count). The zero-order valence-electron chi connectivity index (χ0n) is 6.81. The van der Waals surface area contributed by atoms with Gasteiger partial charge in [-0.25, -0.2) is 0 Å². The Morgan fingerprint density at radius 3 is 2.92 bits per heavy atom. The number of aliphatic hydroxyl groups is 2. The van der Waals surface area contributed by atoms with Crippen molar-refractivity contribution in [2.75, 3.05) is 19.6 Å². The fraction of sp³-hybridized carbons (Fsp3) is 0.875. The standard InChI is InChI=1S/C8H13NO3/c10-7-4-9-2-1-5(8(11)12)6(7)3-9/h5-6,8,11-12H,1-4H2/t5-,6-/m1/s1. The van der Waals surface area contributed by atoms with Crippen LogP contribution in [0.2, 0.25) is 0 Å². The van der Waals surface area contributed by atoms with E-state index in [-0.39, 0.29) is 17.6 Å². The van der Waals surface area contributed by atoms with Crippen LogP contribution in [0.3, 0.4) is 0 Å². The highest BCUT2D eigenvalue weighted by molar-refractivity contribution is 5.85. The predicted octanol–water partition coefficient (Wildman–Crippen LogP) is -1.18. The summed E-state index contributed by atoms with van der Waals surface area (Å²) in [7, 11) is 0. The number of fused-ring (bicyclic) bond motifs is 2. The molecule has 2 aliphatic heterocycles. The van der Waals surface area contributed by atoms with Crippen molar-refractivity contribution in [2.45, 2.75) is 12.7 Å². The molecule has 3 atom stereocenters. The normalized spacial score (nSPS) is 40.9. The summed E-state index contributed by atoms with van der Waals surface area (Å²) >= 11 is 0. The van der Waals surface area contributed by atoms with Crippen LogP contribution in [-0.2, 0) is 4.79 Å². The van der Waals surface area contributed by atoms with E-state index >= 15 is 0 Å². The van der Waals surface area contributed by atoms with Gasteiger partial charge in [0.1, 0.15) is 0 Å². The van der Waals surface area contributed by atoms with Crippen molar-refractivity contribution in [1.82, 2.24) is 4.90 Å². The van der Waals surface area contributed by atoms with Gasteiger partial charge in [-0.1, -0.05) is 0 Å². The largest absolute Gasteiger partial charge is 0.368 e. The van der Waals surface area contributed by atoms with E-state index in [9.17, 15) is 4.79 Å². The molecular formula is C8H13NO3. The third-order valence-electron chi connectivity index (χ3n) is 2.93. The number of hydrogen-bond donors (Lipinski definition) is 2. The maximum absolute atomic E-state index is 11.3. The highest BCUT2D eigenvalue weighted by Gasteiger charge is 2.42. The van der Waals surface area contributed by atoms with Gasteiger partial charge in [0, 0.05) is 18.4 Å². The van der Waals surface area contributed by atoms with Crippen molar-refractivity contribution in [3.05, 3.63) is 0 Å². The molecule has 0 saturated carbocycles. The second-order valence-corrected chi connectivity index (χ2v) is 3.67. The minimum absolute atomic E-state index is 0.126. The van der Waals surface area contributed by atoms with E-state index in [2.05, 4.69) is 4.90 Å². The van der Waals surface area contributed by atoms with Crippen LogP contribution in [0.5, 0.6) is 0 Å². The van der Waals surface area contributed by atoms with Crippen LogP contribution >= 0.6 is 0 Å². The molecule has 0 aromatic heterocycles. The molecule has 2 fully saturated rings. The van der Waals surface area contributed by atoms with Crippen LogP contribution in [0, 0.1) is 11.8 Å². The van der Waals surface area contributed by atoms with Gasteiger partial charge >= 0.3 is 0 Å². The second kappa shape index (κ2) is 2.80. The first-order chi connectivity index (χ1) is 5.68. The predicted molar refractivity (Wildman–Crippen MR) is 41.3 cm³/mol. The van der Waals surface area contributed by atoms with E-state index in [1.165, 1.54) is 0 Å². The van der Waals surface area contributed by atoms with Crippen molar-refractivity contribution in [3.8, 4) is 0 Å². The third-order valence-corrected chi connectivity index (χ3v) is 2.93. The Morgan fingerprint density at radius 1 is 1.50 bits per heavy atom. The van der Waals surface area contributed by atoms with Gasteiger partial charge in [0.2, 0.25) is 0 Å². The topological polar surface area (TPSA) is 60.8 Å². The summed E-state index contributed by atoms with van der Waals surface area (Å²) in [4.78, 5) is 13.4. The Morgan fingerprint density at radius 2 is 2.25 bits per heavy atom. The lowest BCUT2D eigenvalue weighted by Gasteiger charge is -2.29. The van der Waals surface area contributed by atoms with Gasteiger partial charge in [0.05, 0.1) is 6.54 Å². The number of carbonyl (C=O) groups excluding carboxylic acids is 1. The number of carbonyl (C=O) groups is 1. The van der Waals surface area contributed by atoms with Crippen molar-refractivity contribution >= 4 is 5.78 Å². The Kier molecular flexibility index (Phi) is 1.90. The molecule has 2 bridgehead atoms. The van der Waals surface area contributed by atoms with Gasteiger partial charge in [0.15, 0.2) is 12.1 Å². The van der Waals surface area contributed by atoms with E-state index in [4.69, 9.17) is 10.2 Å². The Labute approximate surface area is 70.8 Å². The molecule has 2 heterocycles. The number of nitrogens with zero attached hydrogens (tertiary/aromatic N) is 1. The molecule has 0 amide bonds. The minimum atomic E-state index is -1.32. The molecule has 1 unspecified atom stereocenters. The lowest BCUT2D eigenvalue weighted by Crippen LogP contribution is -2.38. The fourth-order valence-corrected chi connectivity index (χ4v) is 2.22. The number of rotatable bonds is 1. The number of piperidine rings is 1. The van der Waals surface area contributed by atoms with E-state index in [1.54, 1.807) is 0 Å².